The van der Waals surface area contributed by atoms with Crippen LogP contribution in [0.2, 0.25) is 0 Å². The average molecular weight is 373 g/mol. The average Bonchev–Trinajstić information content (AvgIpc) is 2.68. The number of carbonyl (C=O) groups is 1. The van der Waals surface area contributed by atoms with Gasteiger partial charge in [-0.15, -0.1) is 0 Å². The summed E-state index contributed by atoms with van der Waals surface area (Å²) in [5.41, 5.74) is 2.15. The van der Waals surface area contributed by atoms with Crippen molar-refractivity contribution in [2.75, 3.05) is 7.05 Å². The number of benzene rings is 2. The van der Waals surface area contributed by atoms with Gasteiger partial charge in [-0.3, -0.25) is 4.79 Å². The van der Waals surface area contributed by atoms with E-state index >= 15 is 0 Å². The van der Waals surface area contributed by atoms with E-state index in [0.717, 1.165) is 37.0 Å². The Balaban J connectivity index is 1.59. The fraction of sp³-hybridized carbons (Fsp3) is 0.318. The summed E-state index contributed by atoms with van der Waals surface area (Å²) >= 11 is 0. The maximum absolute atomic E-state index is 12.6. The van der Waals surface area contributed by atoms with Crippen LogP contribution in [0.5, 0.6) is 0 Å². The molecule has 0 fully saturated rings. The Morgan fingerprint density at radius 3 is 2.30 bits per heavy atom. The van der Waals surface area contributed by atoms with Gasteiger partial charge in [0, 0.05) is 18.7 Å². The van der Waals surface area contributed by atoms with Crippen molar-refractivity contribution >= 4 is 5.91 Å². The van der Waals surface area contributed by atoms with Gasteiger partial charge in [0.05, 0.1) is 5.56 Å². The highest BCUT2D eigenvalue weighted by Crippen LogP contribution is 2.30. The Morgan fingerprint density at radius 2 is 1.74 bits per heavy atom. The minimum Gasteiger partial charge on any atom is -0.338 e. The molecule has 5 heteroatoms. The van der Waals surface area contributed by atoms with Crippen molar-refractivity contribution in [1.29, 1.82) is 0 Å². The van der Waals surface area contributed by atoms with Crippen LogP contribution in [-0.4, -0.2) is 23.9 Å². The molecule has 0 heterocycles. The number of rotatable bonds is 4. The molecule has 2 aromatic rings. The molecule has 0 bridgehead atoms. The van der Waals surface area contributed by atoms with Crippen molar-refractivity contribution in [3.63, 3.8) is 0 Å². The van der Waals surface area contributed by atoms with E-state index < -0.39 is 11.7 Å². The van der Waals surface area contributed by atoms with Crippen LogP contribution >= 0.6 is 0 Å². The molecule has 0 aromatic heterocycles. The van der Waals surface area contributed by atoms with Crippen LogP contribution in [0.4, 0.5) is 13.2 Å². The van der Waals surface area contributed by atoms with Crippen molar-refractivity contribution in [3.8, 4) is 0 Å². The standard InChI is InChI=1S/C22H22F3NO/c1-26(21(27)18-5-3-2-4-6-18)20-13-9-17(10-14-20)15-16-7-11-19(12-8-16)22(23,24)25/h2-9,11-12,20H,10,13-15H2,1H3. The molecule has 1 atom stereocenters. The maximum Gasteiger partial charge on any atom is 0.416 e. The zero-order valence-electron chi connectivity index (χ0n) is 15.2. The van der Waals surface area contributed by atoms with Crippen LogP contribution in [-0.2, 0) is 12.6 Å². The van der Waals surface area contributed by atoms with Gasteiger partial charge < -0.3 is 4.90 Å². The van der Waals surface area contributed by atoms with Gasteiger partial charge in [0.15, 0.2) is 0 Å². The normalized spacial score (nSPS) is 17.3. The summed E-state index contributed by atoms with van der Waals surface area (Å²) in [6.45, 7) is 0. The Hall–Kier alpha value is -2.56. The lowest BCUT2D eigenvalue weighted by atomic mass is 9.90. The third kappa shape index (κ3) is 4.79. The fourth-order valence-corrected chi connectivity index (χ4v) is 3.41. The van der Waals surface area contributed by atoms with Crippen LogP contribution in [0.3, 0.4) is 0 Å². The summed E-state index contributed by atoms with van der Waals surface area (Å²) in [5, 5.41) is 0. The van der Waals surface area contributed by atoms with Crippen molar-refractivity contribution in [2.45, 2.75) is 37.9 Å². The number of carbonyl (C=O) groups excluding carboxylic acids is 1. The summed E-state index contributed by atoms with van der Waals surface area (Å²) in [4.78, 5) is 14.3. The summed E-state index contributed by atoms with van der Waals surface area (Å²) in [5.74, 6) is 0.0141. The molecule has 0 aliphatic heterocycles. The molecule has 0 saturated carbocycles. The van der Waals surface area contributed by atoms with Gasteiger partial charge in [0.25, 0.3) is 5.91 Å². The molecule has 0 spiro atoms. The Bertz CT molecular complexity index is 810. The highest BCUT2D eigenvalue weighted by molar-refractivity contribution is 5.94. The molecule has 1 aliphatic carbocycles. The second-order valence-electron chi connectivity index (χ2n) is 6.94. The van der Waals surface area contributed by atoms with E-state index in [1.807, 2.05) is 37.4 Å². The van der Waals surface area contributed by atoms with Gasteiger partial charge in [-0.2, -0.15) is 13.2 Å². The SMILES string of the molecule is CN(C(=O)c1ccccc1)C1CC=C(Cc2ccc(C(F)(F)F)cc2)CC1. The minimum atomic E-state index is -4.30. The second kappa shape index (κ2) is 7.99. The van der Waals surface area contributed by atoms with E-state index in [-0.39, 0.29) is 11.9 Å². The van der Waals surface area contributed by atoms with E-state index in [4.69, 9.17) is 0 Å². The first-order valence-corrected chi connectivity index (χ1v) is 9.01. The molecule has 3 rings (SSSR count). The van der Waals surface area contributed by atoms with Gasteiger partial charge >= 0.3 is 6.18 Å². The Kier molecular flexibility index (Phi) is 5.68. The van der Waals surface area contributed by atoms with Crippen LogP contribution < -0.4 is 0 Å². The lowest BCUT2D eigenvalue weighted by Crippen LogP contribution is -2.38. The zero-order chi connectivity index (χ0) is 19.4. The predicted molar refractivity (Wildman–Crippen MR) is 99.4 cm³/mol. The molecule has 0 radical (unpaired) electrons. The number of amides is 1. The number of hydrogen-bond donors (Lipinski definition) is 0. The van der Waals surface area contributed by atoms with E-state index in [1.165, 1.54) is 5.57 Å². The predicted octanol–water partition coefficient (Wildman–Crippen LogP) is 5.50. The first-order valence-electron chi connectivity index (χ1n) is 9.01. The maximum atomic E-state index is 12.6. The number of allylic oxidation sites excluding steroid dienone is 1. The molecule has 1 amide bonds. The molecular formula is C22H22F3NO. The quantitative estimate of drug-likeness (QED) is 0.648. The molecule has 0 N–H and O–H groups in total. The van der Waals surface area contributed by atoms with Crippen molar-refractivity contribution in [2.24, 2.45) is 0 Å². The first-order chi connectivity index (χ1) is 12.8. The fourth-order valence-electron chi connectivity index (χ4n) is 3.41. The van der Waals surface area contributed by atoms with Crippen molar-refractivity contribution < 1.29 is 18.0 Å². The van der Waals surface area contributed by atoms with E-state index in [2.05, 4.69) is 6.08 Å². The summed E-state index contributed by atoms with van der Waals surface area (Å²) < 4.78 is 37.9. The third-order valence-corrected chi connectivity index (χ3v) is 5.08. The number of halogens is 3. The second-order valence-corrected chi connectivity index (χ2v) is 6.94. The van der Waals surface area contributed by atoms with Crippen LogP contribution in [0.25, 0.3) is 0 Å². The highest BCUT2D eigenvalue weighted by atomic mass is 19.4. The minimum absolute atomic E-state index is 0.0141. The topological polar surface area (TPSA) is 20.3 Å². The molecule has 0 saturated heterocycles. The van der Waals surface area contributed by atoms with E-state index in [1.54, 1.807) is 17.0 Å². The molecule has 1 unspecified atom stereocenters. The van der Waals surface area contributed by atoms with Crippen LogP contribution in [0.1, 0.15) is 40.7 Å². The highest BCUT2D eigenvalue weighted by Gasteiger charge is 2.30. The molecule has 2 nitrogen and oxygen atoms in total. The Morgan fingerprint density at radius 1 is 1.07 bits per heavy atom. The van der Waals surface area contributed by atoms with E-state index in [0.29, 0.717) is 12.0 Å². The molecular weight excluding hydrogens is 351 g/mol. The van der Waals surface area contributed by atoms with Gasteiger partial charge in [-0.25, -0.2) is 0 Å². The smallest absolute Gasteiger partial charge is 0.338 e. The van der Waals surface area contributed by atoms with Crippen LogP contribution in [0.15, 0.2) is 66.2 Å². The first kappa shape index (κ1) is 19.2. The molecule has 1 aliphatic rings. The lowest BCUT2D eigenvalue weighted by molar-refractivity contribution is -0.137. The largest absolute Gasteiger partial charge is 0.416 e. The van der Waals surface area contributed by atoms with Gasteiger partial charge in [0.1, 0.15) is 0 Å². The van der Waals surface area contributed by atoms with Gasteiger partial charge in [-0.05, 0) is 55.5 Å². The van der Waals surface area contributed by atoms with Crippen molar-refractivity contribution in [3.05, 3.63) is 82.9 Å². The Labute approximate surface area is 157 Å². The number of nitrogens with zero attached hydrogens (tertiary/aromatic N) is 1. The molecule has 142 valence electrons. The van der Waals surface area contributed by atoms with Crippen LogP contribution in [0, 0.1) is 0 Å². The summed E-state index contributed by atoms with van der Waals surface area (Å²) in [7, 11) is 1.83. The number of alkyl halides is 3. The van der Waals surface area contributed by atoms with Gasteiger partial charge in [0.2, 0.25) is 0 Å². The van der Waals surface area contributed by atoms with Gasteiger partial charge in [-0.1, -0.05) is 42.0 Å². The summed E-state index contributed by atoms with van der Waals surface area (Å²) in [6.07, 6.45) is 0.957. The van der Waals surface area contributed by atoms with Crippen molar-refractivity contribution in [1.82, 2.24) is 4.90 Å². The summed E-state index contributed by atoms with van der Waals surface area (Å²) in [6, 6.07) is 14.7. The number of hydrogen-bond acceptors (Lipinski definition) is 1. The third-order valence-electron chi connectivity index (χ3n) is 5.08. The molecule has 27 heavy (non-hydrogen) atoms. The molecule has 2 aromatic carbocycles. The lowest BCUT2D eigenvalue weighted by Gasteiger charge is -2.31. The zero-order valence-corrected chi connectivity index (χ0v) is 15.2. The monoisotopic (exact) mass is 373 g/mol. The van der Waals surface area contributed by atoms with E-state index in [9.17, 15) is 18.0 Å².